The molecule has 2 amide bonds. The van der Waals surface area contributed by atoms with Gasteiger partial charge in [-0.2, -0.15) is 5.10 Å². The minimum Gasteiger partial charge on any atom is -0.303 e. The van der Waals surface area contributed by atoms with E-state index < -0.39 is 38.3 Å². The number of sulfone groups is 1. The molecule has 20 heavy (non-hydrogen) atoms. The van der Waals surface area contributed by atoms with Crippen molar-refractivity contribution in [3.05, 3.63) is 29.8 Å². The molecule has 108 valence electrons. The Hall–Kier alpha value is -2.03. The number of amides is 2. The second-order valence-electron chi connectivity index (χ2n) is 4.28. The van der Waals surface area contributed by atoms with Gasteiger partial charge in [-0.3, -0.25) is 0 Å². The Balaban J connectivity index is 2.27. The molecule has 0 unspecified atom stereocenters. The smallest absolute Gasteiger partial charge is 0.303 e. The van der Waals surface area contributed by atoms with Crippen molar-refractivity contribution in [2.75, 3.05) is 12.4 Å². The maximum atomic E-state index is 13.5. The molecule has 9 heteroatoms. The lowest BCUT2D eigenvalue weighted by Crippen LogP contribution is -2.47. The van der Waals surface area contributed by atoms with Gasteiger partial charge in [-0.1, -0.05) is 0 Å². The van der Waals surface area contributed by atoms with Crippen LogP contribution < -0.4 is 5.43 Å². The predicted molar refractivity (Wildman–Crippen MR) is 66.8 cm³/mol. The molecule has 0 bridgehead atoms. The summed E-state index contributed by atoms with van der Waals surface area (Å²) in [6.07, 6.45) is 0. The van der Waals surface area contributed by atoms with Gasteiger partial charge in [0.25, 0.3) is 0 Å². The highest BCUT2D eigenvalue weighted by Crippen LogP contribution is 2.18. The van der Waals surface area contributed by atoms with E-state index in [1.807, 2.05) is 0 Å². The summed E-state index contributed by atoms with van der Waals surface area (Å²) in [5.41, 5.74) is 2.65. The molecular weight excluding hydrogens is 292 g/mol. The molecule has 1 aromatic carbocycles. The summed E-state index contributed by atoms with van der Waals surface area (Å²) >= 11 is 0. The van der Waals surface area contributed by atoms with Crippen molar-refractivity contribution in [1.82, 2.24) is 10.3 Å². The average Bonchev–Trinajstić information content (AvgIpc) is 2.33. The molecular formula is C11H11F2N3O3S. The SMILES string of the molecule is CC1=NNC(=O)N(CS(=O)(=O)c2ccc(F)cc2F)C1. The van der Waals surface area contributed by atoms with Crippen molar-refractivity contribution in [2.45, 2.75) is 11.8 Å². The third-order valence-corrected chi connectivity index (χ3v) is 4.26. The largest absolute Gasteiger partial charge is 0.339 e. The van der Waals surface area contributed by atoms with Gasteiger partial charge >= 0.3 is 6.03 Å². The zero-order chi connectivity index (χ0) is 14.9. The van der Waals surface area contributed by atoms with Crippen molar-refractivity contribution >= 4 is 21.6 Å². The van der Waals surface area contributed by atoms with Gasteiger partial charge in [0.15, 0.2) is 9.84 Å². The minimum absolute atomic E-state index is 0.0217. The Labute approximate surface area is 114 Å². The number of carbonyl (C=O) groups excluding carboxylic acids is 1. The number of hydrogen-bond donors (Lipinski definition) is 1. The maximum Gasteiger partial charge on any atom is 0.339 e. The molecule has 1 N–H and O–H groups in total. The van der Waals surface area contributed by atoms with Crippen LogP contribution in [0, 0.1) is 11.6 Å². The molecule has 0 radical (unpaired) electrons. The molecule has 0 spiro atoms. The van der Waals surface area contributed by atoms with Crippen LogP contribution in [0.25, 0.3) is 0 Å². The van der Waals surface area contributed by atoms with Gasteiger partial charge in [0, 0.05) is 6.07 Å². The summed E-state index contributed by atoms with van der Waals surface area (Å²) in [6.45, 7) is 1.63. The number of rotatable bonds is 3. The van der Waals surface area contributed by atoms with Crippen molar-refractivity contribution in [1.29, 1.82) is 0 Å². The summed E-state index contributed by atoms with van der Waals surface area (Å²) in [5.74, 6) is -2.78. The average molecular weight is 303 g/mol. The van der Waals surface area contributed by atoms with Crippen LogP contribution >= 0.6 is 0 Å². The predicted octanol–water partition coefficient (Wildman–Crippen LogP) is 1.10. The fourth-order valence-corrected chi connectivity index (χ4v) is 3.09. The van der Waals surface area contributed by atoms with Gasteiger partial charge in [0.05, 0.1) is 12.3 Å². The Morgan fingerprint density at radius 2 is 2.10 bits per heavy atom. The van der Waals surface area contributed by atoms with Crippen LogP contribution in [0.4, 0.5) is 13.6 Å². The Kier molecular flexibility index (Phi) is 3.71. The zero-order valence-corrected chi connectivity index (χ0v) is 11.2. The lowest BCUT2D eigenvalue weighted by molar-refractivity contribution is 0.209. The van der Waals surface area contributed by atoms with E-state index in [4.69, 9.17) is 0 Å². The molecule has 6 nitrogen and oxygen atoms in total. The summed E-state index contributed by atoms with van der Waals surface area (Å²) in [4.78, 5) is 11.8. The van der Waals surface area contributed by atoms with Gasteiger partial charge in [-0.05, 0) is 19.1 Å². The summed E-state index contributed by atoms with van der Waals surface area (Å²) < 4.78 is 50.4. The molecule has 0 saturated carbocycles. The number of nitrogens with one attached hydrogen (secondary N) is 1. The van der Waals surface area contributed by atoms with Gasteiger partial charge in [-0.25, -0.2) is 27.4 Å². The molecule has 1 aromatic rings. The van der Waals surface area contributed by atoms with E-state index in [1.165, 1.54) is 0 Å². The zero-order valence-electron chi connectivity index (χ0n) is 10.4. The first-order valence-electron chi connectivity index (χ1n) is 5.55. The molecule has 0 saturated heterocycles. The number of urea groups is 1. The third kappa shape index (κ3) is 2.93. The second kappa shape index (κ2) is 5.16. The van der Waals surface area contributed by atoms with Gasteiger partial charge in [-0.15, -0.1) is 0 Å². The van der Waals surface area contributed by atoms with Crippen molar-refractivity contribution in [3.63, 3.8) is 0 Å². The molecule has 0 fully saturated rings. The van der Waals surface area contributed by atoms with Crippen LogP contribution in [-0.4, -0.2) is 37.5 Å². The van der Waals surface area contributed by atoms with E-state index in [9.17, 15) is 22.0 Å². The van der Waals surface area contributed by atoms with Crippen LogP contribution in [0.1, 0.15) is 6.92 Å². The number of hydrazone groups is 1. The third-order valence-electron chi connectivity index (χ3n) is 2.60. The molecule has 2 rings (SSSR count). The minimum atomic E-state index is -4.10. The highest BCUT2D eigenvalue weighted by atomic mass is 32.2. The number of nitrogens with zero attached hydrogens (tertiary/aromatic N) is 2. The van der Waals surface area contributed by atoms with Crippen molar-refractivity contribution < 1.29 is 22.0 Å². The van der Waals surface area contributed by atoms with E-state index >= 15 is 0 Å². The summed E-state index contributed by atoms with van der Waals surface area (Å²) in [6, 6.07) is 1.47. The Morgan fingerprint density at radius 1 is 1.40 bits per heavy atom. The molecule has 1 aliphatic heterocycles. The molecule has 1 aliphatic rings. The van der Waals surface area contributed by atoms with E-state index in [0.717, 1.165) is 17.0 Å². The summed E-state index contributed by atoms with van der Waals surface area (Å²) in [7, 11) is -4.10. The van der Waals surface area contributed by atoms with E-state index in [1.54, 1.807) is 6.92 Å². The number of benzene rings is 1. The second-order valence-corrected chi connectivity index (χ2v) is 6.21. The van der Waals surface area contributed by atoms with E-state index in [2.05, 4.69) is 10.5 Å². The van der Waals surface area contributed by atoms with Crippen LogP contribution in [0.3, 0.4) is 0 Å². The van der Waals surface area contributed by atoms with Crippen LogP contribution in [0.15, 0.2) is 28.2 Å². The lowest BCUT2D eigenvalue weighted by atomic mass is 10.3. The molecule has 1 heterocycles. The number of hydrogen-bond acceptors (Lipinski definition) is 4. The normalized spacial score (nSPS) is 15.8. The number of halogens is 2. The van der Waals surface area contributed by atoms with Crippen molar-refractivity contribution in [3.8, 4) is 0 Å². The first-order valence-corrected chi connectivity index (χ1v) is 7.21. The lowest BCUT2D eigenvalue weighted by Gasteiger charge is -2.25. The standard InChI is InChI=1S/C11H11F2N3O3S/c1-7-5-16(11(17)15-14-7)6-20(18,19)10-3-2-8(12)4-9(10)13/h2-4H,5-6H2,1H3,(H,15,17). The van der Waals surface area contributed by atoms with E-state index in [0.29, 0.717) is 11.8 Å². The Morgan fingerprint density at radius 3 is 2.75 bits per heavy atom. The Bertz CT molecular complexity index is 688. The van der Waals surface area contributed by atoms with Gasteiger partial charge < -0.3 is 4.90 Å². The maximum absolute atomic E-state index is 13.5. The van der Waals surface area contributed by atoms with Gasteiger partial charge in [0.1, 0.15) is 22.4 Å². The van der Waals surface area contributed by atoms with Gasteiger partial charge in [0.2, 0.25) is 0 Å². The molecule has 0 aromatic heterocycles. The molecule has 0 aliphatic carbocycles. The van der Waals surface area contributed by atoms with Crippen LogP contribution in [0.5, 0.6) is 0 Å². The fraction of sp³-hybridized carbons (Fsp3) is 0.273. The highest BCUT2D eigenvalue weighted by Gasteiger charge is 2.27. The topological polar surface area (TPSA) is 78.8 Å². The first-order chi connectivity index (χ1) is 9.29. The van der Waals surface area contributed by atoms with Crippen LogP contribution in [-0.2, 0) is 9.84 Å². The van der Waals surface area contributed by atoms with Crippen LogP contribution in [0.2, 0.25) is 0 Å². The van der Waals surface area contributed by atoms with Crippen molar-refractivity contribution in [2.24, 2.45) is 5.10 Å². The monoisotopic (exact) mass is 303 g/mol. The molecule has 0 atom stereocenters. The van der Waals surface area contributed by atoms with E-state index in [-0.39, 0.29) is 6.54 Å². The summed E-state index contributed by atoms with van der Waals surface area (Å²) in [5, 5.41) is 3.65. The first kappa shape index (κ1) is 14.4. The fourth-order valence-electron chi connectivity index (χ4n) is 1.70. The number of carbonyl (C=O) groups is 1. The highest BCUT2D eigenvalue weighted by molar-refractivity contribution is 7.91. The quantitative estimate of drug-likeness (QED) is 0.849.